The van der Waals surface area contributed by atoms with Crippen molar-refractivity contribution in [2.45, 2.75) is 83.6 Å². The predicted molar refractivity (Wildman–Crippen MR) is 81.8 cm³/mol. The van der Waals surface area contributed by atoms with E-state index in [0.29, 0.717) is 18.2 Å². The highest BCUT2D eigenvalue weighted by Gasteiger charge is 2.17. The summed E-state index contributed by atoms with van der Waals surface area (Å²) in [5.74, 6) is 0.346. The molecule has 1 aromatic rings. The molecule has 1 heterocycles. The summed E-state index contributed by atoms with van der Waals surface area (Å²) in [6.45, 7) is 2.21. The van der Waals surface area contributed by atoms with Gasteiger partial charge in [0.05, 0.1) is 18.2 Å². The summed E-state index contributed by atoms with van der Waals surface area (Å²) in [4.78, 5) is 11.9. The van der Waals surface area contributed by atoms with Crippen molar-refractivity contribution in [3.05, 3.63) is 18.0 Å². The Bertz CT molecular complexity index is 405. The lowest BCUT2D eigenvalue weighted by atomic mass is 10.1. The van der Waals surface area contributed by atoms with E-state index >= 15 is 0 Å². The fourth-order valence-corrected chi connectivity index (χ4v) is 3.06. The van der Waals surface area contributed by atoms with Crippen LogP contribution in [0.25, 0.3) is 0 Å². The van der Waals surface area contributed by atoms with Gasteiger partial charge in [0, 0.05) is 12.6 Å². The number of aromatic nitrogens is 2. The Morgan fingerprint density at radius 2 is 2.00 bits per heavy atom. The summed E-state index contributed by atoms with van der Waals surface area (Å²) in [6, 6.07) is 2.60. The highest BCUT2D eigenvalue weighted by Crippen LogP contribution is 2.28. The van der Waals surface area contributed by atoms with Crippen LogP contribution in [0.1, 0.15) is 82.9 Å². The number of carbonyl (C=O) groups is 1. The molecule has 0 spiro atoms. The minimum atomic E-state index is 0.346. The van der Waals surface area contributed by atoms with Crippen LogP contribution in [0.5, 0.6) is 0 Å². The lowest BCUT2D eigenvalue weighted by molar-refractivity contribution is -0.118. The molecule has 1 saturated carbocycles. The largest absolute Gasteiger partial charge is 0.299 e. The summed E-state index contributed by atoms with van der Waals surface area (Å²) in [5.41, 5.74) is 0.954. The number of ketones is 1. The van der Waals surface area contributed by atoms with Gasteiger partial charge in [-0.2, -0.15) is 5.10 Å². The second-order valence-corrected chi connectivity index (χ2v) is 6.11. The average molecular weight is 276 g/mol. The molecule has 3 heteroatoms. The molecular formula is C17H28N2O. The zero-order chi connectivity index (χ0) is 14.2. The molecule has 0 aromatic carbocycles. The van der Waals surface area contributed by atoms with Gasteiger partial charge < -0.3 is 0 Å². The highest BCUT2D eigenvalue weighted by atomic mass is 16.1. The van der Waals surface area contributed by atoms with E-state index < -0.39 is 0 Å². The van der Waals surface area contributed by atoms with Crippen molar-refractivity contribution < 1.29 is 4.79 Å². The van der Waals surface area contributed by atoms with Crippen LogP contribution >= 0.6 is 0 Å². The average Bonchev–Trinajstić information content (AvgIpc) is 3.08. The number of carbonyl (C=O) groups excluding carboxylic acids is 1. The van der Waals surface area contributed by atoms with E-state index in [1.165, 1.54) is 51.4 Å². The third kappa shape index (κ3) is 4.77. The van der Waals surface area contributed by atoms with Crippen LogP contribution < -0.4 is 0 Å². The molecule has 0 atom stereocenters. The van der Waals surface area contributed by atoms with Crippen LogP contribution in [0, 0.1) is 0 Å². The number of nitrogens with zero attached hydrogens (tertiary/aromatic N) is 2. The van der Waals surface area contributed by atoms with Gasteiger partial charge in [0.2, 0.25) is 0 Å². The zero-order valence-electron chi connectivity index (χ0n) is 12.8. The second kappa shape index (κ2) is 8.23. The van der Waals surface area contributed by atoms with Crippen molar-refractivity contribution >= 4 is 5.78 Å². The molecular weight excluding hydrogens is 248 g/mol. The molecule has 1 aromatic heterocycles. The highest BCUT2D eigenvalue weighted by molar-refractivity contribution is 5.80. The molecule has 3 nitrogen and oxygen atoms in total. The van der Waals surface area contributed by atoms with Crippen LogP contribution in [0.4, 0.5) is 0 Å². The smallest absolute Gasteiger partial charge is 0.138 e. The molecule has 0 unspecified atom stereocenters. The maximum absolute atomic E-state index is 11.9. The molecule has 1 fully saturated rings. The molecule has 0 N–H and O–H groups in total. The summed E-state index contributed by atoms with van der Waals surface area (Å²) in [7, 11) is 0. The minimum Gasteiger partial charge on any atom is -0.299 e. The van der Waals surface area contributed by atoms with Gasteiger partial charge in [0.25, 0.3) is 0 Å². The first-order valence-electron chi connectivity index (χ1n) is 8.35. The van der Waals surface area contributed by atoms with E-state index in [9.17, 15) is 4.79 Å². The van der Waals surface area contributed by atoms with Gasteiger partial charge in [-0.25, -0.2) is 0 Å². The van der Waals surface area contributed by atoms with E-state index in [1.54, 1.807) is 0 Å². The van der Waals surface area contributed by atoms with E-state index in [4.69, 9.17) is 0 Å². The van der Waals surface area contributed by atoms with Gasteiger partial charge >= 0.3 is 0 Å². The Morgan fingerprint density at radius 1 is 1.25 bits per heavy atom. The van der Waals surface area contributed by atoms with Gasteiger partial charge in [0.1, 0.15) is 5.78 Å². The monoisotopic (exact) mass is 276 g/mol. The van der Waals surface area contributed by atoms with Crippen molar-refractivity contribution in [1.29, 1.82) is 0 Å². The maximum atomic E-state index is 11.9. The molecule has 0 bridgehead atoms. The number of hydrogen-bond donors (Lipinski definition) is 0. The maximum Gasteiger partial charge on any atom is 0.138 e. The van der Waals surface area contributed by atoms with Crippen LogP contribution in [-0.4, -0.2) is 15.6 Å². The predicted octanol–water partition coefficient (Wildman–Crippen LogP) is 4.47. The Hall–Kier alpha value is -1.12. The van der Waals surface area contributed by atoms with Crippen molar-refractivity contribution in [2.75, 3.05) is 0 Å². The van der Waals surface area contributed by atoms with Crippen molar-refractivity contribution in [3.8, 4) is 0 Å². The third-order valence-electron chi connectivity index (χ3n) is 4.30. The molecule has 0 amide bonds. The standard InChI is InChI=1S/C17H28N2O/c1-2-3-4-5-6-11-17(20)14-15-12-13-19(18-15)16-9-7-8-10-16/h12-13,16H,2-11,14H2,1H3. The summed E-state index contributed by atoms with van der Waals surface area (Å²) in [6.07, 6.45) is 14.5. The van der Waals surface area contributed by atoms with E-state index in [-0.39, 0.29) is 0 Å². The van der Waals surface area contributed by atoms with Gasteiger partial charge in [-0.1, -0.05) is 45.4 Å². The first kappa shape index (κ1) is 15.3. The zero-order valence-corrected chi connectivity index (χ0v) is 12.8. The van der Waals surface area contributed by atoms with E-state index in [1.807, 2.05) is 6.07 Å². The fourth-order valence-electron chi connectivity index (χ4n) is 3.06. The number of hydrogen-bond acceptors (Lipinski definition) is 2. The number of rotatable bonds is 9. The molecule has 0 radical (unpaired) electrons. The lowest BCUT2D eigenvalue weighted by Gasteiger charge is -2.08. The quantitative estimate of drug-likeness (QED) is 0.624. The fraction of sp³-hybridized carbons (Fsp3) is 0.765. The third-order valence-corrected chi connectivity index (χ3v) is 4.30. The van der Waals surface area contributed by atoms with Gasteiger partial charge in [-0.15, -0.1) is 0 Å². The minimum absolute atomic E-state index is 0.346. The molecule has 20 heavy (non-hydrogen) atoms. The number of unbranched alkanes of at least 4 members (excludes halogenated alkanes) is 4. The Labute approximate surface area is 122 Å². The molecule has 2 rings (SSSR count). The molecule has 0 saturated heterocycles. The summed E-state index contributed by atoms with van der Waals surface area (Å²) < 4.78 is 2.08. The van der Waals surface area contributed by atoms with Crippen LogP contribution in [0.3, 0.4) is 0 Å². The molecule has 112 valence electrons. The lowest BCUT2D eigenvalue weighted by Crippen LogP contribution is -2.08. The van der Waals surface area contributed by atoms with E-state index in [0.717, 1.165) is 18.5 Å². The van der Waals surface area contributed by atoms with Crippen molar-refractivity contribution in [2.24, 2.45) is 0 Å². The normalized spacial score (nSPS) is 15.8. The first-order valence-corrected chi connectivity index (χ1v) is 8.35. The van der Waals surface area contributed by atoms with E-state index in [2.05, 4.69) is 22.9 Å². The van der Waals surface area contributed by atoms with Crippen molar-refractivity contribution in [1.82, 2.24) is 9.78 Å². The van der Waals surface area contributed by atoms with Crippen LogP contribution in [-0.2, 0) is 11.2 Å². The first-order chi connectivity index (χ1) is 9.79. The van der Waals surface area contributed by atoms with Gasteiger partial charge in [-0.3, -0.25) is 9.48 Å². The van der Waals surface area contributed by atoms with Gasteiger partial charge in [0.15, 0.2) is 0 Å². The molecule has 0 aliphatic heterocycles. The Kier molecular flexibility index (Phi) is 6.28. The number of Topliss-reactive ketones (excluding diaryl/α,β-unsaturated/α-hetero) is 1. The van der Waals surface area contributed by atoms with Gasteiger partial charge in [-0.05, 0) is 25.3 Å². The summed E-state index contributed by atoms with van der Waals surface area (Å²) >= 11 is 0. The van der Waals surface area contributed by atoms with Crippen molar-refractivity contribution in [3.63, 3.8) is 0 Å². The Balaban J connectivity index is 1.68. The molecule has 1 aliphatic rings. The van der Waals surface area contributed by atoms with Crippen LogP contribution in [0.2, 0.25) is 0 Å². The SMILES string of the molecule is CCCCCCCC(=O)Cc1ccn(C2CCCC2)n1. The Morgan fingerprint density at radius 3 is 2.75 bits per heavy atom. The second-order valence-electron chi connectivity index (χ2n) is 6.11. The van der Waals surface area contributed by atoms with Crippen LogP contribution in [0.15, 0.2) is 12.3 Å². The summed E-state index contributed by atoms with van der Waals surface area (Å²) in [5, 5.41) is 4.59. The molecule has 1 aliphatic carbocycles. The topological polar surface area (TPSA) is 34.9 Å².